The van der Waals surface area contributed by atoms with E-state index in [-0.39, 0.29) is 25.0 Å². The van der Waals surface area contributed by atoms with Gasteiger partial charge in [-0.15, -0.1) is 0 Å². The molecule has 1 heterocycles. The predicted molar refractivity (Wildman–Crippen MR) is 111 cm³/mol. The van der Waals surface area contributed by atoms with Crippen molar-refractivity contribution in [3.63, 3.8) is 0 Å². The average Bonchev–Trinajstić information content (AvgIpc) is 3.50. The molecule has 1 aromatic heterocycles. The van der Waals surface area contributed by atoms with Crippen molar-refractivity contribution in [1.82, 2.24) is 25.4 Å². The Morgan fingerprint density at radius 1 is 1.34 bits per heavy atom. The minimum atomic E-state index is -0.695. The summed E-state index contributed by atoms with van der Waals surface area (Å²) < 4.78 is 7.78. The van der Waals surface area contributed by atoms with Crippen molar-refractivity contribution in [2.24, 2.45) is 5.92 Å². The summed E-state index contributed by atoms with van der Waals surface area (Å²) in [5.74, 6) is 0.371. The van der Waals surface area contributed by atoms with Gasteiger partial charge in [-0.25, -0.2) is 4.79 Å². The lowest BCUT2D eigenvalue weighted by Gasteiger charge is -2.23. The van der Waals surface area contributed by atoms with Crippen LogP contribution in [0, 0.1) is 10.7 Å². The Bertz CT molecular complexity index is 891. The number of amides is 2. The number of hydrogen-bond donors (Lipinski definition) is 3. The molecule has 0 unspecified atom stereocenters. The Labute approximate surface area is 175 Å². The highest BCUT2D eigenvalue weighted by Gasteiger charge is 2.29. The lowest BCUT2D eigenvalue weighted by Crippen LogP contribution is -2.50. The van der Waals surface area contributed by atoms with Crippen LogP contribution in [0.2, 0.25) is 0 Å². The van der Waals surface area contributed by atoms with Gasteiger partial charge < -0.3 is 15.4 Å². The molecular formula is C20H27N5O3S. The Kier molecular flexibility index (Phi) is 7.03. The molecule has 8 nitrogen and oxygen atoms in total. The third-order valence-electron chi connectivity index (χ3n) is 5.09. The Balaban J connectivity index is 1.56. The zero-order valence-corrected chi connectivity index (χ0v) is 17.5. The quantitative estimate of drug-likeness (QED) is 0.544. The highest BCUT2D eigenvalue weighted by Crippen LogP contribution is 2.35. The molecule has 0 saturated heterocycles. The largest absolute Gasteiger partial charge is 0.445 e. The summed E-state index contributed by atoms with van der Waals surface area (Å²) in [5, 5.41) is 12.6. The summed E-state index contributed by atoms with van der Waals surface area (Å²) in [7, 11) is 0. The number of carbonyl (C=O) groups is 2. The fraction of sp³-hybridized carbons (Fsp3) is 0.500. The minimum absolute atomic E-state index is 0.0523. The number of ether oxygens (including phenoxy) is 1. The summed E-state index contributed by atoms with van der Waals surface area (Å²) in [6.07, 6.45) is 2.26. The Morgan fingerprint density at radius 2 is 2.07 bits per heavy atom. The maximum absolute atomic E-state index is 12.8. The fourth-order valence-corrected chi connectivity index (χ4v) is 3.34. The monoisotopic (exact) mass is 417 g/mol. The van der Waals surface area contributed by atoms with Crippen LogP contribution in [0.4, 0.5) is 4.79 Å². The van der Waals surface area contributed by atoms with Crippen LogP contribution in [-0.4, -0.2) is 32.8 Å². The number of H-pyrrole nitrogens is 1. The highest BCUT2D eigenvalue weighted by atomic mass is 32.1. The van der Waals surface area contributed by atoms with Gasteiger partial charge in [-0.05, 0) is 36.5 Å². The second kappa shape index (κ2) is 9.69. The van der Waals surface area contributed by atoms with Gasteiger partial charge in [0.25, 0.3) is 0 Å². The number of nitrogens with one attached hydrogen (secondary N) is 3. The first kappa shape index (κ1) is 21.0. The van der Waals surface area contributed by atoms with E-state index in [1.54, 1.807) is 0 Å². The maximum Gasteiger partial charge on any atom is 0.408 e. The summed E-state index contributed by atoms with van der Waals surface area (Å²) >= 11 is 5.27. The number of nitrogens with zero attached hydrogens (tertiary/aromatic N) is 2. The lowest BCUT2D eigenvalue weighted by atomic mass is 9.98. The van der Waals surface area contributed by atoms with Crippen molar-refractivity contribution >= 4 is 24.2 Å². The van der Waals surface area contributed by atoms with Crippen LogP contribution >= 0.6 is 12.2 Å². The molecular weight excluding hydrogens is 390 g/mol. The molecule has 1 saturated carbocycles. The van der Waals surface area contributed by atoms with Crippen molar-refractivity contribution in [2.45, 2.75) is 58.3 Å². The van der Waals surface area contributed by atoms with Gasteiger partial charge in [0.2, 0.25) is 5.91 Å². The van der Waals surface area contributed by atoms with Gasteiger partial charge in [0.1, 0.15) is 12.6 Å². The summed E-state index contributed by atoms with van der Waals surface area (Å²) in [6, 6.07) is 9.07. The van der Waals surface area contributed by atoms with E-state index >= 15 is 0 Å². The predicted octanol–water partition coefficient (Wildman–Crippen LogP) is 3.23. The second-order valence-corrected chi connectivity index (χ2v) is 7.72. The molecule has 0 bridgehead atoms. The molecule has 0 radical (unpaired) electrons. The van der Waals surface area contributed by atoms with Gasteiger partial charge in [-0.1, -0.05) is 50.6 Å². The molecule has 156 valence electrons. The van der Waals surface area contributed by atoms with E-state index < -0.39 is 12.1 Å². The Hall–Kier alpha value is -2.68. The molecule has 29 heavy (non-hydrogen) atoms. The van der Waals surface area contributed by atoms with E-state index in [0.717, 1.165) is 24.8 Å². The summed E-state index contributed by atoms with van der Waals surface area (Å²) in [4.78, 5) is 25.0. The number of rotatable bonds is 9. The molecule has 1 aromatic carbocycles. The number of benzene rings is 1. The van der Waals surface area contributed by atoms with E-state index in [1.807, 2.05) is 48.7 Å². The van der Waals surface area contributed by atoms with Gasteiger partial charge in [0.15, 0.2) is 10.6 Å². The van der Waals surface area contributed by atoms with Gasteiger partial charge in [0.05, 0.1) is 6.54 Å². The van der Waals surface area contributed by atoms with Crippen molar-refractivity contribution in [1.29, 1.82) is 0 Å². The second-order valence-electron chi connectivity index (χ2n) is 7.33. The van der Waals surface area contributed by atoms with Crippen molar-refractivity contribution in [3.05, 3.63) is 46.5 Å². The number of alkyl carbamates (subject to hydrolysis) is 1. The van der Waals surface area contributed by atoms with Gasteiger partial charge in [0, 0.05) is 6.04 Å². The summed E-state index contributed by atoms with van der Waals surface area (Å²) in [6.45, 7) is 4.29. The Morgan fingerprint density at radius 3 is 2.72 bits per heavy atom. The zero-order valence-electron chi connectivity index (χ0n) is 16.7. The molecule has 0 aliphatic heterocycles. The van der Waals surface area contributed by atoms with Gasteiger partial charge >= 0.3 is 6.09 Å². The first-order chi connectivity index (χ1) is 14.0. The first-order valence-electron chi connectivity index (χ1n) is 9.90. The molecule has 1 fully saturated rings. The maximum atomic E-state index is 12.8. The molecule has 2 atom stereocenters. The number of hydrogen-bond acceptors (Lipinski definition) is 5. The molecule has 9 heteroatoms. The van der Waals surface area contributed by atoms with Crippen LogP contribution < -0.4 is 10.6 Å². The van der Waals surface area contributed by atoms with Crippen LogP contribution in [0.15, 0.2) is 30.3 Å². The molecule has 1 aliphatic rings. The van der Waals surface area contributed by atoms with Crippen LogP contribution in [-0.2, 0) is 22.7 Å². The molecule has 2 amide bonds. The third kappa shape index (κ3) is 5.66. The zero-order chi connectivity index (χ0) is 20.8. The van der Waals surface area contributed by atoms with E-state index in [1.165, 1.54) is 0 Å². The van der Waals surface area contributed by atoms with Crippen LogP contribution in [0.1, 0.15) is 50.5 Å². The van der Waals surface area contributed by atoms with E-state index in [2.05, 4.69) is 20.8 Å². The number of aromatic nitrogens is 3. The number of aromatic amines is 1. The molecule has 0 spiro atoms. The topological polar surface area (TPSA) is 101 Å². The van der Waals surface area contributed by atoms with E-state index in [9.17, 15) is 9.59 Å². The molecule has 2 aromatic rings. The number of carbonyl (C=O) groups excluding carboxylic acids is 2. The van der Waals surface area contributed by atoms with Crippen molar-refractivity contribution in [2.75, 3.05) is 0 Å². The lowest BCUT2D eigenvalue weighted by molar-refractivity contribution is -0.124. The standard InChI is InChI=1S/C20H27N5O3S/c1-3-13(2)17(22-20(27)28-12-14-7-5-4-6-8-14)18(26)21-11-16-23-24-19(29)25(16)15-9-10-15/h4-8,13,15,17H,3,9-12H2,1-2H3,(H,21,26)(H,22,27)(H,24,29)/t13-,17-/m0/s1. The van der Waals surface area contributed by atoms with Gasteiger partial charge in [-0.2, -0.15) is 5.10 Å². The normalized spacial score (nSPS) is 15.4. The smallest absolute Gasteiger partial charge is 0.408 e. The van der Waals surface area contributed by atoms with Crippen molar-refractivity contribution in [3.8, 4) is 0 Å². The van der Waals surface area contributed by atoms with Gasteiger partial charge in [-0.3, -0.25) is 14.5 Å². The highest BCUT2D eigenvalue weighted by molar-refractivity contribution is 7.71. The SMILES string of the molecule is CC[C@H](C)[C@H](NC(=O)OCc1ccccc1)C(=O)NCc1n[nH]c(=S)n1C1CC1. The first-order valence-corrected chi connectivity index (χ1v) is 10.3. The molecule has 1 aliphatic carbocycles. The van der Waals surface area contributed by atoms with Crippen LogP contribution in [0.3, 0.4) is 0 Å². The van der Waals surface area contributed by atoms with E-state index in [4.69, 9.17) is 17.0 Å². The summed E-state index contributed by atoms with van der Waals surface area (Å²) in [5.41, 5.74) is 0.884. The average molecular weight is 418 g/mol. The van der Waals surface area contributed by atoms with E-state index in [0.29, 0.717) is 16.6 Å². The van der Waals surface area contributed by atoms with Crippen molar-refractivity contribution < 1.29 is 14.3 Å². The van der Waals surface area contributed by atoms with Crippen LogP contribution in [0.25, 0.3) is 0 Å². The molecule has 3 N–H and O–H groups in total. The third-order valence-corrected chi connectivity index (χ3v) is 5.38. The molecule has 3 rings (SSSR count). The fourth-order valence-electron chi connectivity index (χ4n) is 3.04. The minimum Gasteiger partial charge on any atom is -0.445 e. The van der Waals surface area contributed by atoms with Crippen LogP contribution in [0.5, 0.6) is 0 Å².